The summed E-state index contributed by atoms with van der Waals surface area (Å²) in [5, 5.41) is 1.19. The van der Waals surface area contributed by atoms with Crippen LogP contribution in [-0.2, 0) is 6.42 Å². The van der Waals surface area contributed by atoms with Gasteiger partial charge in [0.05, 0.1) is 12.6 Å². The van der Waals surface area contributed by atoms with Crippen LogP contribution in [0, 0.1) is 6.92 Å². The van der Waals surface area contributed by atoms with E-state index in [1.165, 1.54) is 16.5 Å². The van der Waals surface area contributed by atoms with Crippen LogP contribution in [-0.4, -0.2) is 12.1 Å². The highest BCUT2D eigenvalue weighted by molar-refractivity contribution is 5.78. The smallest absolute Gasteiger partial charge is 0.122 e. The zero-order chi connectivity index (χ0) is 15.5. The molecule has 0 aliphatic carbocycles. The standard InChI is InChI=1S/C20H21NO/c1-14-7-6-10-19(22-3)20(14)15(2)13-17-12-11-16-8-4-5-9-18(16)21-17/h4-12,15H,13H2,1-3H3/t15-/m1/s1. The highest BCUT2D eigenvalue weighted by atomic mass is 16.5. The van der Waals surface area contributed by atoms with Gasteiger partial charge in [0.25, 0.3) is 0 Å². The van der Waals surface area contributed by atoms with Crippen LogP contribution in [0.3, 0.4) is 0 Å². The molecule has 0 saturated heterocycles. The molecule has 1 heterocycles. The van der Waals surface area contributed by atoms with Gasteiger partial charge in [0.1, 0.15) is 5.75 Å². The summed E-state index contributed by atoms with van der Waals surface area (Å²) >= 11 is 0. The molecule has 0 bridgehead atoms. The quantitative estimate of drug-likeness (QED) is 0.682. The number of benzene rings is 2. The first-order chi connectivity index (χ1) is 10.7. The number of nitrogens with zero attached hydrogens (tertiary/aromatic N) is 1. The lowest BCUT2D eigenvalue weighted by molar-refractivity contribution is 0.405. The van der Waals surface area contributed by atoms with Crippen molar-refractivity contribution in [1.82, 2.24) is 4.98 Å². The molecular formula is C20H21NO. The Morgan fingerprint density at radius 3 is 2.64 bits per heavy atom. The number of pyridine rings is 1. The number of fused-ring (bicyclic) bond motifs is 1. The summed E-state index contributed by atoms with van der Waals surface area (Å²) in [6, 6.07) is 18.7. The fourth-order valence-electron chi connectivity index (χ4n) is 3.10. The lowest BCUT2D eigenvalue weighted by atomic mass is 9.91. The SMILES string of the molecule is COc1cccc(C)c1[C@H](C)Cc1ccc2ccccc2n1. The van der Waals surface area contributed by atoms with Crippen molar-refractivity contribution < 1.29 is 4.74 Å². The Hall–Kier alpha value is -2.35. The fraction of sp³-hybridized carbons (Fsp3) is 0.250. The number of para-hydroxylation sites is 1. The molecule has 2 nitrogen and oxygen atoms in total. The third-order valence-electron chi connectivity index (χ3n) is 4.17. The minimum atomic E-state index is 0.366. The van der Waals surface area contributed by atoms with Crippen molar-refractivity contribution in [2.75, 3.05) is 7.11 Å². The molecule has 3 aromatic rings. The van der Waals surface area contributed by atoms with Crippen LogP contribution >= 0.6 is 0 Å². The maximum Gasteiger partial charge on any atom is 0.122 e. The first-order valence-electron chi connectivity index (χ1n) is 7.67. The van der Waals surface area contributed by atoms with Crippen molar-refractivity contribution >= 4 is 10.9 Å². The van der Waals surface area contributed by atoms with Gasteiger partial charge in [-0.15, -0.1) is 0 Å². The van der Waals surface area contributed by atoms with E-state index < -0.39 is 0 Å². The van der Waals surface area contributed by atoms with Gasteiger partial charge in [0.15, 0.2) is 0 Å². The topological polar surface area (TPSA) is 22.1 Å². The molecule has 0 N–H and O–H groups in total. The zero-order valence-electron chi connectivity index (χ0n) is 13.3. The zero-order valence-corrected chi connectivity index (χ0v) is 13.3. The number of ether oxygens (including phenoxy) is 1. The van der Waals surface area contributed by atoms with Crippen LogP contribution in [0.15, 0.2) is 54.6 Å². The summed E-state index contributed by atoms with van der Waals surface area (Å²) in [7, 11) is 1.74. The summed E-state index contributed by atoms with van der Waals surface area (Å²) < 4.78 is 5.53. The fourth-order valence-corrected chi connectivity index (χ4v) is 3.10. The van der Waals surface area contributed by atoms with Crippen LogP contribution in [0.1, 0.15) is 29.7 Å². The Balaban J connectivity index is 1.91. The van der Waals surface area contributed by atoms with E-state index in [2.05, 4.69) is 44.2 Å². The van der Waals surface area contributed by atoms with Crippen molar-refractivity contribution in [3.63, 3.8) is 0 Å². The van der Waals surface area contributed by atoms with Gasteiger partial charge in [-0.3, -0.25) is 4.98 Å². The van der Waals surface area contributed by atoms with Gasteiger partial charge in [0.2, 0.25) is 0 Å². The molecule has 3 rings (SSSR count). The normalized spacial score (nSPS) is 12.3. The number of methoxy groups -OCH3 is 1. The summed E-state index contributed by atoms with van der Waals surface area (Å²) in [5.41, 5.74) is 4.73. The van der Waals surface area contributed by atoms with Gasteiger partial charge in [-0.2, -0.15) is 0 Å². The first kappa shape index (κ1) is 14.6. The summed E-state index contributed by atoms with van der Waals surface area (Å²) in [4.78, 5) is 4.79. The van der Waals surface area contributed by atoms with Crippen molar-refractivity contribution in [2.45, 2.75) is 26.2 Å². The van der Waals surface area contributed by atoms with Crippen molar-refractivity contribution in [1.29, 1.82) is 0 Å². The minimum absolute atomic E-state index is 0.366. The second kappa shape index (κ2) is 6.18. The molecule has 0 amide bonds. The lowest BCUT2D eigenvalue weighted by Gasteiger charge is -2.18. The van der Waals surface area contributed by atoms with E-state index >= 15 is 0 Å². The van der Waals surface area contributed by atoms with Crippen molar-refractivity contribution in [3.05, 3.63) is 71.4 Å². The van der Waals surface area contributed by atoms with E-state index in [0.29, 0.717) is 5.92 Å². The molecule has 2 aromatic carbocycles. The van der Waals surface area contributed by atoms with E-state index in [9.17, 15) is 0 Å². The maximum atomic E-state index is 5.53. The van der Waals surface area contributed by atoms with Crippen LogP contribution in [0.2, 0.25) is 0 Å². The molecule has 0 aliphatic heterocycles. The predicted molar refractivity (Wildman–Crippen MR) is 91.6 cm³/mol. The Bertz CT molecular complexity index is 795. The highest BCUT2D eigenvalue weighted by Crippen LogP contribution is 2.31. The van der Waals surface area contributed by atoms with Crippen molar-refractivity contribution in [2.24, 2.45) is 0 Å². The average Bonchev–Trinajstić information content (AvgIpc) is 2.54. The van der Waals surface area contributed by atoms with E-state index in [0.717, 1.165) is 23.4 Å². The second-order valence-corrected chi connectivity index (χ2v) is 5.79. The van der Waals surface area contributed by atoms with Crippen LogP contribution in [0.5, 0.6) is 5.75 Å². The Labute approximate surface area is 131 Å². The third-order valence-corrected chi connectivity index (χ3v) is 4.17. The minimum Gasteiger partial charge on any atom is -0.496 e. The van der Waals surface area contributed by atoms with Crippen LogP contribution < -0.4 is 4.74 Å². The summed E-state index contributed by atoms with van der Waals surface area (Å²) in [6.45, 7) is 4.38. The lowest BCUT2D eigenvalue weighted by Crippen LogP contribution is -2.05. The number of hydrogen-bond acceptors (Lipinski definition) is 2. The molecule has 22 heavy (non-hydrogen) atoms. The molecular weight excluding hydrogens is 270 g/mol. The molecule has 2 heteroatoms. The molecule has 1 atom stereocenters. The van der Waals surface area contributed by atoms with Gasteiger partial charge >= 0.3 is 0 Å². The van der Waals surface area contributed by atoms with Gasteiger partial charge in [-0.05, 0) is 43.0 Å². The van der Waals surface area contributed by atoms with Crippen molar-refractivity contribution in [3.8, 4) is 5.75 Å². The number of aromatic nitrogens is 1. The molecule has 0 spiro atoms. The average molecular weight is 291 g/mol. The van der Waals surface area contributed by atoms with Gasteiger partial charge in [-0.25, -0.2) is 0 Å². The highest BCUT2D eigenvalue weighted by Gasteiger charge is 2.15. The Kier molecular flexibility index (Phi) is 4.10. The van der Waals surface area contributed by atoms with E-state index in [1.54, 1.807) is 7.11 Å². The molecule has 0 saturated carbocycles. The summed E-state index contributed by atoms with van der Waals surface area (Å²) in [6.07, 6.45) is 0.909. The van der Waals surface area contributed by atoms with Gasteiger partial charge < -0.3 is 4.74 Å². The molecule has 1 aromatic heterocycles. The van der Waals surface area contributed by atoms with E-state index in [1.807, 2.05) is 24.3 Å². The molecule has 0 unspecified atom stereocenters. The van der Waals surface area contributed by atoms with E-state index in [4.69, 9.17) is 9.72 Å². The molecule has 0 radical (unpaired) electrons. The summed E-state index contributed by atoms with van der Waals surface area (Å²) in [5.74, 6) is 1.33. The predicted octanol–water partition coefficient (Wildman–Crippen LogP) is 4.90. The number of aryl methyl sites for hydroxylation is 1. The maximum absolute atomic E-state index is 5.53. The Morgan fingerprint density at radius 2 is 1.82 bits per heavy atom. The van der Waals surface area contributed by atoms with Gasteiger partial charge in [-0.1, -0.05) is 43.3 Å². The second-order valence-electron chi connectivity index (χ2n) is 5.79. The third kappa shape index (κ3) is 2.82. The molecule has 0 fully saturated rings. The molecule has 0 aliphatic rings. The monoisotopic (exact) mass is 291 g/mol. The van der Waals surface area contributed by atoms with Crippen LogP contribution in [0.4, 0.5) is 0 Å². The van der Waals surface area contributed by atoms with E-state index in [-0.39, 0.29) is 0 Å². The largest absolute Gasteiger partial charge is 0.496 e. The molecule has 112 valence electrons. The van der Waals surface area contributed by atoms with Gasteiger partial charge in [0, 0.05) is 16.6 Å². The Morgan fingerprint density at radius 1 is 1.00 bits per heavy atom. The van der Waals surface area contributed by atoms with Crippen LogP contribution in [0.25, 0.3) is 10.9 Å². The first-order valence-corrected chi connectivity index (χ1v) is 7.67. The number of hydrogen-bond donors (Lipinski definition) is 0. The number of rotatable bonds is 4.